The second kappa shape index (κ2) is 6.13. The van der Waals surface area contributed by atoms with Crippen molar-refractivity contribution in [1.29, 1.82) is 0 Å². The van der Waals surface area contributed by atoms with Crippen LogP contribution < -0.4 is 5.11 Å². The van der Waals surface area contributed by atoms with Gasteiger partial charge in [-0.15, -0.1) is 0 Å². The number of nitrogens with zero attached hydrogens (tertiary/aromatic N) is 2. The van der Waals surface area contributed by atoms with Crippen molar-refractivity contribution < 1.29 is 19.1 Å². The van der Waals surface area contributed by atoms with Gasteiger partial charge in [0.2, 0.25) is 0 Å². The van der Waals surface area contributed by atoms with E-state index in [1.165, 1.54) is 35.1 Å². The van der Waals surface area contributed by atoms with Gasteiger partial charge in [-0.2, -0.15) is 0 Å². The van der Waals surface area contributed by atoms with Gasteiger partial charge in [0, 0.05) is 13.1 Å². The van der Waals surface area contributed by atoms with Crippen LogP contribution in [0.4, 0.5) is 5.69 Å². The summed E-state index contributed by atoms with van der Waals surface area (Å²) in [7, 11) is 1.61. The molecule has 0 N–H and O–H groups in total. The van der Waals surface area contributed by atoms with E-state index < -0.39 is 5.97 Å². The van der Waals surface area contributed by atoms with E-state index in [-0.39, 0.29) is 11.5 Å². The number of likely N-dealkylation sites (N-methyl/N-ethyl adjacent to an activating group) is 1. The number of hydrogen-bond donors (Lipinski definition) is 0. The lowest BCUT2D eigenvalue weighted by atomic mass is 10.2. The summed E-state index contributed by atoms with van der Waals surface area (Å²) in [5.74, 6) is -0.885. The number of amides is 1. The molecule has 2 heterocycles. The van der Waals surface area contributed by atoms with Gasteiger partial charge in [-0.05, 0) is 41.6 Å². The first kappa shape index (κ1) is 15.1. The first-order valence-corrected chi connectivity index (χ1v) is 7.47. The summed E-state index contributed by atoms with van der Waals surface area (Å²) >= 11 is 1.20. The second-order valence-corrected chi connectivity index (χ2v) is 5.73. The lowest BCUT2D eigenvalue weighted by molar-refractivity contribution is -0.255. The van der Waals surface area contributed by atoms with E-state index in [0.29, 0.717) is 21.5 Å². The normalized spacial score (nSPS) is 18.1. The molecule has 23 heavy (non-hydrogen) atoms. The Hall–Kier alpha value is -2.80. The summed E-state index contributed by atoms with van der Waals surface area (Å²) in [6.45, 7) is 0. The number of rotatable bonds is 3. The molecule has 1 aliphatic rings. The maximum atomic E-state index is 12.2. The summed E-state index contributed by atoms with van der Waals surface area (Å²) < 4.78 is 5.20. The molecule has 6 nitrogen and oxygen atoms in total. The molecule has 0 spiro atoms. The Morgan fingerprint density at radius 2 is 2.17 bits per heavy atom. The SMILES string of the molecule is CN1C(=O)/C(=C/c2ccco2)SC1=Nc1cccc(C(=O)[O-])c1. The molecule has 1 fully saturated rings. The smallest absolute Gasteiger partial charge is 0.266 e. The van der Waals surface area contributed by atoms with E-state index in [1.807, 2.05) is 0 Å². The Labute approximate surface area is 136 Å². The number of aromatic carboxylic acids is 1. The molecule has 1 aromatic carbocycles. The number of thioether (sulfide) groups is 1. The third kappa shape index (κ3) is 3.19. The van der Waals surface area contributed by atoms with E-state index in [2.05, 4.69) is 4.99 Å². The zero-order valence-corrected chi connectivity index (χ0v) is 12.9. The topological polar surface area (TPSA) is 85.9 Å². The summed E-state index contributed by atoms with van der Waals surface area (Å²) in [4.78, 5) is 29.3. The van der Waals surface area contributed by atoms with Crippen molar-refractivity contribution in [3.05, 3.63) is 58.9 Å². The Kier molecular flexibility index (Phi) is 4.03. The van der Waals surface area contributed by atoms with Crippen molar-refractivity contribution in [3.8, 4) is 0 Å². The van der Waals surface area contributed by atoms with E-state index in [4.69, 9.17) is 4.42 Å². The third-order valence-electron chi connectivity index (χ3n) is 3.13. The molecule has 1 amide bonds. The van der Waals surface area contributed by atoms with E-state index in [0.717, 1.165) is 0 Å². The van der Waals surface area contributed by atoms with Crippen LogP contribution in [-0.4, -0.2) is 29.0 Å². The zero-order valence-electron chi connectivity index (χ0n) is 12.1. The highest BCUT2D eigenvalue weighted by molar-refractivity contribution is 8.18. The molecule has 0 radical (unpaired) electrons. The predicted octanol–water partition coefficient (Wildman–Crippen LogP) is 1.88. The molecule has 2 aromatic rings. The largest absolute Gasteiger partial charge is 0.545 e. The van der Waals surface area contributed by atoms with Crippen molar-refractivity contribution in [1.82, 2.24) is 4.90 Å². The highest BCUT2D eigenvalue weighted by Gasteiger charge is 2.30. The second-order valence-electron chi connectivity index (χ2n) is 4.72. The molecular weight excluding hydrogens is 316 g/mol. The van der Waals surface area contributed by atoms with Crippen LogP contribution in [0.2, 0.25) is 0 Å². The number of benzene rings is 1. The Morgan fingerprint density at radius 3 is 2.87 bits per heavy atom. The molecule has 0 atom stereocenters. The van der Waals surface area contributed by atoms with Crippen LogP contribution in [0.5, 0.6) is 0 Å². The van der Waals surface area contributed by atoms with Crippen molar-refractivity contribution in [2.45, 2.75) is 0 Å². The number of carbonyl (C=O) groups is 2. The van der Waals surface area contributed by atoms with Gasteiger partial charge in [0.05, 0.1) is 22.8 Å². The lowest BCUT2D eigenvalue weighted by Gasteiger charge is -2.08. The minimum atomic E-state index is -1.27. The fraction of sp³-hybridized carbons (Fsp3) is 0.0625. The molecule has 7 heteroatoms. The Bertz CT molecular complexity index is 824. The zero-order chi connectivity index (χ0) is 16.4. The van der Waals surface area contributed by atoms with Crippen LogP contribution >= 0.6 is 11.8 Å². The van der Waals surface area contributed by atoms with Gasteiger partial charge in [0.1, 0.15) is 5.76 Å². The highest BCUT2D eigenvalue weighted by Crippen LogP contribution is 2.33. The maximum absolute atomic E-state index is 12.2. The van der Waals surface area contributed by atoms with Gasteiger partial charge in [-0.3, -0.25) is 9.69 Å². The third-order valence-corrected chi connectivity index (χ3v) is 4.19. The molecule has 0 unspecified atom stereocenters. The molecule has 1 saturated heterocycles. The summed E-state index contributed by atoms with van der Waals surface area (Å²) in [6.07, 6.45) is 3.17. The highest BCUT2D eigenvalue weighted by atomic mass is 32.2. The van der Waals surface area contributed by atoms with Gasteiger partial charge in [0.15, 0.2) is 5.17 Å². The molecule has 0 aliphatic carbocycles. The van der Waals surface area contributed by atoms with Crippen molar-refractivity contribution in [2.24, 2.45) is 4.99 Å². The average molecular weight is 327 g/mol. The average Bonchev–Trinajstić information content (AvgIpc) is 3.13. The van der Waals surface area contributed by atoms with E-state index in [9.17, 15) is 14.7 Å². The number of hydrogen-bond acceptors (Lipinski definition) is 6. The predicted molar refractivity (Wildman–Crippen MR) is 84.9 cm³/mol. The van der Waals surface area contributed by atoms with Crippen LogP contribution in [0.15, 0.2) is 57.0 Å². The molecular formula is C16H11N2O4S-. The van der Waals surface area contributed by atoms with E-state index >= 15 is 0 Å². The van der Waals surface area contributed by atoms with Crippen molar-refractivity contribution in [3.63, 3.8) is 0 Å². The summed E-state index contributed by atoms with van der Waals surface area (Å²) in [6, 6.07) is 9.55. The van der Waals surface area contributed by atoms with Crippen molar-refractivity contribution >= 4 is 40.6 Å². The van der Waals surface area contributed by atoms with Crippen LogP contribution in [0.1, 0.15) is 16.1 Å². The van der Waals surface area contributed by atoms with Crippen LogP contribution in [-0.2, 0) is 4.79 Å². The molecule has 0 bridgehead atoms. The first-order valence-electron chi connectivity index (χ1n) is 6.66. The van der Waals surface area contributed by atoms with E-state index in [1.54, 1.807) is 37.4 Å². The van der Waals surface area contributed by atoms with Gasteiger partial charge in [-0.1, -0.05) is 12.1 Å². The molecule has 3 rings (SSSR count). The number of aliphatic imine (C=N–C) groups is 1. The lowest BCUT2D eigenvalue weighted by Crippen LogP contribution is -2.23. The van der Waals surface area contributed by atoms with Crippen molar-refractivity contribution in [2.75, 3.05) is 7.05 Å². The van der Waals surface area contributed by atoms with Gasteiger partial charge < -0.3 is 14.3 Å². The Balaban J connectivity index is 1.90. The standard InChI is InChI=1S/C16H12N2O4S/c1-18-14(19)13(9-12-6-3-7-22-12)23-16(18)17-11-5-2-4-10(8-11)15(20)21/h2-9H,1H3,(H,20,21)/p-1/b13-9-,17-16?. The summed E-state index contributed by atoms with van der Waals surface area (Å²) in [5.41, 5.74) is 0.475. The first-order chi connectivity index (χ1) is 11.0. The summed E-state index contributed by atoms with van der Waals surface area (Å²) in [5, 5.41) is 11.3. The quantitative estimate of drug-likeness (QED) is 0.803. The number of amidine groups is 1. The van der Waals surface area contributed by atoms with Gasteiger partial charge in [-0.25, -0.2) is 4.99 Å². The monoisotopic (exact) mass is 327 g/mol. The van der Waals surface area contributed by atoms with Gasteiger partial charge >= 0.3 is 0 Å². The fourth-order valence-electron chi connectivity index (χ4n) is 1.97. The van der Waals surface area contributed by atoms with Gasteiger partial charge in [0.25, 0.3) is 5.91 Å². The number of carboxylic acids is 1. The minimum Gasteiger partial charge on any atom is -0.545 e. The number of carboxylic acid groups (broad SMARTS) is 1. The van der Waals surface area contributed by atoms with Crippen LogP contribution in [0, 0.1) is 0 Å². The maximum Gasteiger partial charge on any atom is 0.266 e. The Morgan fingerprint density at radius 1 is 1.35 bits per heavy atom. The number of furan rings is 1. The molecule has 1 aliphatic heterocycles. The molecule has 1 aromatic heterocycles. The van der Waals surface area contributed by atoms with Crippen LogP contribution in [0.25, 0.3) is 6.08 Å². The minimum absolute atomic E-state index is 0.0372. The fourth-order valence-corrected chi connectivity index (χ4v) is 2.93. The van der Waals surface area contributed by atoms with Crippen LogP contribution in [0.3, 0.4) is 0 Å². The molecule has 116 valence electrons. The number of carbonyl (C=O) groups excluding carboxylic acids is 2. The molecule has 0 saturated carbocycles.